The molecule has 2 rings (SSSR count). The van der Waals surface area contributed by atoms with E-state index in [0.29, 0.717) is 0 Å². The van der Waals surface area contributed by atoms with Crippen molar-refractivity contribution in [3.05, 3.63) is 63.7 Å². The number of sulfonamides is 1. The van der Waals surface area contributed by atoms with Crippen LogP contribution >= 0.6 is 0 Å². The Bertz CT molecular complexity index is 999. The van der Waals surface area contributed by atoms with Gasteiger partial charge in [-0.2, -0.15) is 8.78 Å². The van der Waals surface area contributed by atoms with Gasteiger partial charge in [-0.25, -0.2) is 17.2 Å². The highest BCUT2D eigenvalue weighted by atomic mass is 32.2. The van der Waals surface area contributed by atoms with E-state index in [9.17, 15) is 36.1 Å². The molecule has 0 fully saturated rings. The molecule has 0 aliphatic carbocycles. The van der Waals surface area contributed by atoms with Crippen LogP contribution in [-0.4, -0.2) is 32.3 Å². The molecule has 2 aromatic rings. The molecule has 0 radical (unpaired) electrons. The number of benzene rings is 2. The van der Waals surface area contributed by atoms with Crippen molar-refractivity contribution in [2.75, 3.05) is 11.3 Å². The molecule has 0 saturated heterocycles. The number of ether oxygens (including phenoxy) is 1. The molecule has 0 aliphatic heterocycles. The maximum atomic E-state index is 12.8. The predicted octanol–water partition coefficient (Wildman–Crippen LogP) is 4.12. The van der Waals surface area contributed by atoms with E-state index < -0.39 is 40.5 Å². The lowest BCUT2D eigenvalue weighted by atomic mass is 10.2. The molecule has 158 valence electrons. The summed E-state index contributed by atoms with van der Waals surface area (Å²) in [6.07, 6.45) is -3.86. The third-order valence-corrected chi connectivity index (χ3v) is 5.12. The first-order valence-electron chi connectivity index (χ1n) is 8.03. The largest absolute Gasteiger partial charge is 0.370 e. The third-order valence-electron chi connectivity index (χ3n) is 3.74. The van der Waals surface area contributed by atoms with Crippen LogP contribution in [0.4, 0.5) is 28.9 Å². The molecule has 0 unspecified atom stereocenters. The van der Waals surface area contributed by atoms with Crippen molar-refractivity contribution in [1.82, 2.24) is 0 Å². The second kappa shape index (κ2) is 8.74. The summed E-state index contributed by atoms with van der Waals surface area (Å²) in [6, 6.07) is 8.81. The zero-order valence-corrected chi connectivity index (χ0v) is 15.8. The fraction of sp³-hybridized carbons (Fsp3) is 0.294. The smallest absolute Gasteiger partial charge is 0.330 e. The molecule has 0 amide bonds. The molecular weight excluding hydrogens is 420 g/mol. The van der Waals surface area contributed by atoms with Crippen LogP contribution in [0.15, 0.2) is 47.4 Å². The van der Waals surface area contributed by atoms with Gasteiger partial charge in [-0.1, -0.05) is 12.1 Å². The van der Waals surface area contributed by atoms with Gasteiger partial charge >= 0.3 is 12.3 Å². The SMILES string of the molecule is Cc1cc(S(=O)(=O)Nc2cccc(COCC(F)(F)C(F)F)c2)ccc1[N+](=O)[O-]. The van der Waals surface area contributed by atoms with Gasteiger partial charge in [0.2, 0.25) is 0 Å². The van der Waals surface area contributed by atoms with Crippen LogP contribution in [0.2, 0.25) is 0 Å². The summed E-state index contributed by atoms with van der Waals surface area (Å²) in [5, 5.41) is 10.8. The molecule has 0 aromatic heterocycles. The Kier molecular flexibility index (Phi) is 6.80. The lowest BCUT2D eigenvalue weighted by Gasteiger charge is -2.15. The summed E-state index contributed by atoms with van der Waals surface area (Å²) in [6.45, 7) is -0.526. The first-order chi connectivity index (χ1) is 13.4. The van der Waals surface area contributed by atoms with E-state index in [1.807, 2.05) is 0 Å². The first kappa shape index (κ1) is 22.6. The normalized spacial score (nSPS) is 12.2. The van der Waals surface area contributed by atoms with Gasteiger partial charge in [0, 0.05) is 17.3 Å². The molecule has 7 nitrogen and oxygen atoms in total. The monoisotopic (exact) mass is 436 g/mol. The first-order valence-corrected chi connectivity index (χ1v) is 9.51. The minimum absolute atomic E-state index is 0.0720. The highest BCUT2D eigenvalue weighted by molar-refractivity contribution is 7.92. The second-order valence-corrected chi connectivity index (χ2v) is 7.75. The molecule has 0 saturated carbocycles. The summed E-state index contributed by atoms with van der Waals surface area (Å²) in [4.78, 5) is 9.99. The van der Waals surface area contributed by atoms with Crippen LogP contribution in [0, 0.1) is 17.0 Å². The van der Waals surface area contributed by atoms with Crippen molar-refractivity contribution >= 4 is 21.4 Å². The van der Waals surface area contributed by atoms with Crippen molar-refractivity contribution in [3.63, 3.8) is 0 Å². The molecule has 0 bridgehead atoms. The quantitative estimate of drug-likeness (QED) is 0.362. The number of anilines is 1. The van der Waals surface area contributed by atoms with Gasteiger partial charge in [-0.15, -0.1) is 0 Å². The Hall–Kier alpha value is -2.73. The van der Waals surface area contributed by atoms with Crippen molar-refractivity contribution in [2.45, 2.75) is 30.8 Å². The number of hydrogen-bond acceptors (Lipinski definition) is 5. The van der Waals surface area contributed by atoms with Crippen LogP contribution < -0.4 is 4.72 Å². The van der Waals surface area contributed by atoms with Gasteiger partial charge in [-0.3, -0.25) is 14.8 Å². The maximum Gasteiger partial charge on any atom is 0.330 e. The van der Waals surface area contributed by atoms with Crippen LogP contribution in [-0.2, 0) is 21.4 Å². The summed E-state index contributed by atoms with van der Waals surface area (Å²) < 4.78 is 81.7. The molecule has 0 heterocycles. The molecule has 0 atom stereocenters. The van der Waals surface area contributed by atoms with Crippen molar-refractivity contribution in [1.29, 1.82) is 0 Å². The van der Waals surface area contributed by atoms with Crippen LogP contribution in [0.1, 0.15) is 11.1 Å². The number of alkyl halides is 4. The number of nitrogens with one attached hydrogen (secondary N) is 1. The van der Waals surface area contributed by atoms with Crippen LogP contribution in [0.3, 0.4) is 0 Å². The number of rotatable bonds is 9. The van der Waals surface area contributed by atoms with E-state index in [2.05, 4.69) is 9.46 Å². The highest BCUT2D eigenvalue weighted by Gasteiger charge is 2.40. The zero-order valence-electron chi connectivity index (χ0n) is 14.9. The molecule has 29 heavy (non-hydrogen) atoms. The summed E-state index contributed by atoms with van der Waals surface area (Å²) in [5.41, 5.74) is 0.265. The Labute approximate surface area is 163 Å². The zero-order chi connectivity index (χ0) is 21.8. The number of hydrogen-bond donors (Lipinski definition) is 1. The number of nitrogens with zero attached hydrogens (tertiary/aromatic N) is 1. The van der Waals surface area contributed by atoms with Gasteiger partial charge in [0.25, 0.3) is 15.7 Å². The van der Waals surface area contributed by atoms with Crippen molar-refractivity contribution in [2.24, 2.45) is 0 Å². The average molecular weight is 436 g/mol. The fourth-order valence-corrected chi connectivity index (χ4v) is 3.44. The minimum Gasteiger partial charge on any atom is -0.370 e. The number of nitro benzene ring substituents is 1. The molecule has 12 heteroatoms. The topological polar surface area (TPSA) is 98.5 Å². The molecule has 2 aromatic carbocycles. The third kappa shape index (κ3) is 5.87. The van der Waals surface area contributed by atoms with Gasteiger partial charge in [0.05, 0.1) is 16.4 Å². The minimum atomic E-state index is -4.28. The Morgan fingerprint density at radius 1 is 1.21 bits per heavy atom. The molecule has 0 spiro atoms. The van der Waals surface area contributed by atoms with Crippen LogP contribution in [0.5, 0.6) is 0 Å². The maximum absolute atomic E-state index is 12.8. The van der Waals surface area contributed by atoms with E-state index in [-0.39, 0.29) is 27.4 Å². The molecular formula is C17H16F4N2O5S. The lowest BCUT2D eigenvalue weighted by Crippen LogP contribution is -2.32. The summed E-state index contributed by atoms with van der Waals surface area (Å²) in [5.74, 6) is -4.28. The molecule has 0 aliphatic rings. The summed E-state index contributed by atoms with van der Waals surface area (Å²) in [7, 11) is -4.08. The lowest BCUT2D eigenvalue weighted by molar-refractivity contribution is -0.385. The number of aryl methyl sites for hydroxylation is 1. The Morgan fingerprint density at radius 3 is 2.48 bits per heavy atom. The fourth-order valence-electron chi connectivity index (χ4n) is 2.31. The highest BCUT2D eigenvalue weighted by Crippen LogP contribution is 2.25. The van der Waals surface area contributed by atoms with Gasteiger partial charge in [0.1, 0.15) is 6.61 Å². The van der Waals surface area contributed by atoms with Crippen molar-refractivity contribution < 1.29 is 35.6 Å². The van der Waals surface area contributed by atoms with E-state index >= 15 is 0 Å². The average Bonchev–Trinajstić information content (AvgIpc) is 2.61. The standard InChI is InChI=1S/C17H16F4N2O5S/c1-11-7-14(5-6-15(11)23(24)25)29(26,27)22-13-4-2-3-12(8-13)9-28-10-17(20,21)16(18)19/h2-8,16,22H,9-10H2,1H3. The van der Waals surface area contributed by atoms with Gasteiger partial charge < -0.3 is 4.74 Å². The Balaban J connectivity index is 2.11. The van der Waals surface area contributed by atoms with Gasteiger partial charge in [-0.05, 0) is 36.8 Å². The summed E-state index contributed by atoms with van der Waals surface area (Å²) >= 11 is 0. The van der Waals surface area contributed by atoms with E-state index in [1.54, 1.807) is 0 Å². The second-order valence-electron chi connectivity index (χ2n) is 6.07. The Morgan fingerprint density at radius 2 is 1.90 bits per heavy atom. The molecule has 1 N–H and O–H groups in total. The van der Waals surface area contributed by atoms with E-state index in [4.69, 9.17) is 0 Å². The van der Waals surface area contributed by atoms with E-state index in [1.165, 1.54) is 31.2 Å². The predicted molar refractivity (Wildman–Crippen MR) is 95.7 cm³/mol. The number of nitro groups is 1. The van der Waals surface area contributed by atoms with Crippen molar-refractivity contribution in [3.8, 4) is 0 Å². The number of halogens is 4. The van der Waals surface area contributed by atoms with E-state index in [0.717, 1.165) is 18.2 Å². The van der Waals surface area contributed by atoms with Crippen LogP contribution in [0.25, 0.3) is 0 Å². The van der Waals surface area contributed by atoms with Gasteiger partial charge in [0.15, 0.2) is 0 Å².